The normalized spacial score (nSPS) is 20.2. The van der Waals surface area contributed by atoms with Gasteiger partial charge in [0.25, 0.3) is 5.91 Å². The van der Waals surface area contributed by atoms with Gasteiger partial charge in [-0.2, -0.15) is 0 Å². The Labute approximate surface area is 181 Å². The summed E-state index contributed by atoms with van der Waals surface area (Å²) < 4.78 is 25.8. The highest BCUT2D eigenvalue weighted by Crippen LogP contribution is 2.29. The maximum absolute atomic E-state index is 14.4. The van der Waals surface area contributed by atoms with Crippen LogP contribution >= 0.6 is 24.0 Å². The number of rotatable bonds is 5. The molecule has 2 N–H and O–H groups in total. The van der Waals surface area contributed by atoms with Crippen molar-refractivity contribution in [2.45, 2.75) is 12.5 Å². The number of carbonyl (C=O) groups excluding carboxylic acids is 2. The van der Waals surface area contributed by atoms with Crippen LogP contribution in [0, 0.1) is 5.82 Å². The lowest BCUT2D eigenvalue weighted by Crippen LogP contribution is -2.46. The largest absolute Gasteiger partial charge is 0.457 e. The highest BCUT2D eigenvalue weighted by molar-refractivity contribution is 8.26. The van der Waals surface area contributed by atoms with E-state index in [4.69, 9.17) is 21.7 Å². The molecule has 2 aromatic carbocycles. The summed E-state index contributed by atoms with van der Waals surface area (Å²) in [4.78, 5) is 23.4. The van der Waals surface area contributed by atoms with Crippen molar-refractivity contribution in [2.75, 3.05) is 13.2 Å². The lowest BCUT2D eigenvalue weighted by molar-refractivity contribution is -0.131. The molecule has 2 heterocycles. The van der Waals surface area contributed by atoms with Crippen LogP contribution in [-0.2, 0) is 20.7 Å². The van der Waals surface area contributed by atoms with Gasteiger partial charge in [-0.25, -0.2) is 4.39 Å². The highest BCUT2D eigenvalue weighted by Gasteiger charge is 2.22. The van der Waals surface area contributed by atoms with Gasteiger partial charge >= 0.3 is 0 Å². The molecule has 154 valence electrons. The lowest BCUT2D eigenvalue weighted by atomic mass is 10.1. The highest BCUT2D eigenvalue weighted by atomic mass is 32.2. The van der Waals surface area contributed by atoms with Crippen molar-refractivity contribution >= 4 is 46.2 Å². The van der Waals surface area contributed by atoms with E-state index in [1.807, 2.05) is 12.1 Å². The molecule has 2 amide bonds. The Morgan fingerprint density at radius 1 is 1.20 bits per heavy atom. The van der Waals surface area contributed by atoms with E-state index in [0.717, 1.165) is 17.3 Å². The second-order valence-corrected chi connectivity index (χ2v) is 8.48. The van der Waals surface area contributed by atoms with Gasteiger partial charge in [0.05, 0.1) is 17.6 Å². The summed E-state index contributed by atoms with van der Waals surface area (Å²) in [7, 11) is 0. The zero-order valence-corrected chi connectivity index (χ0v) is 17.3. The average Bonchev–Trinajstić information content (AvgIpc) is 3.02. The number of morpholine rings is 1. The van der Waals surface area contributed by atoms with Gasteiger partial charge in [-0.05, 0) is 42.3 Å². The summed E-state index contributed by atoms with van der Waals surface area (Å²) in [5.41, 5.74) is 1.30. The molecule has 0 saturated carbocycles. The predicted molar refractivity (Wildman–Crippen MR) is 116 cm³/mol. The molecule has 2 aliphatic heterocycles. The van der Waals surface area contributed by atoms with Crippen LogP contribution < -0.4 is 15.4 Å². The summed E-state index contributed by atoms with van der Waals surface area (Å²) in [6.07, 6.45) is 2.11. The van der Waals surface area contributed by atoms with Crippen LogP contribution in [0.2, 0.25) is 0 Å². The standard InChI is InChI=1S/C21H17FN2O4S2/c22-17-9-16(6-3-13(17)8-18-20(26)24-21(29)30-18)28-15-4-1-12(2-5-15)7-14-10-27-11-19(25)23-14/h1-6,8-9,14H,7,10-11H2,(H,23,25)(H,24,26,29)/b18-8-. The van der Waals surface area contributed by atoms with Gasteiger partial charge in [-0.15, -0.1) is 0 Å². The fourth-order valence-corrected chi connectivity index (χ4v) is 4.11. The first-order chi connectivity index (χ1) is 14.5. The number of benzene rings is 2. The predicted octanol–water partition coefficient (Wildman–Crippen LogP) is 3.16. The third-order valence-corrected chi connectivity index (χ3v) is 5.62. The van der Waals surface area contributed by atoms with Crippen LogP contribution in [0.5, 0.6) is 11.5 Å². The molecule has 2 saturated heterocycles. The molecule has 1 atom stereocenters. The van der Waals surface area contributed by atoms with E-state index < -0.39 is 5.82 Å². The van der Waals surface area contributed by atoms with E-state index in [1.165, 1.54) is 12.1 Å². The van der Waals surface area contributed by atoms with Gasteiger partial charge in [0.2, 0.25) is 5.91 Å². The lowest BCUT2D eigenvalue weighted by Gasteiger charge is -2.23. The van der Waals surface area contributed by atoms with Crippen LogP contribution in [0.15, 0.2) is 47.4 Å². The van der Waals surface area contributed by atoms with Crippen LogP contribution in [0.25, 0.3) is 6.08 Å². The van der Waals surface area contributed by atoms with Crippen LogP contribution in [0.4, 0.5) is 4.39 Å². The minimum absolute atomic E-state index is 0.0525. The van der Waals surface area contributed by atoms with Gasteiger partial charge in [-0.3, -0.25) is 9.59 Å². The molecule has 30 heavy (non-hydrogen) atoms. The van der Waals surface area contributed by atoms with Crippen molar-refractivity contribution < 1.29 is 23.5 Å². The van der Waals surface area contributed by atoms with Crippen molar-refractivity contribution in [2.24, 2.45) is 0 Å². The fraction of sp³-hybridized carbons (Fsp3) is 0.190. The molecule has 2 aliphatic rings. The van der Waals surface area contributed by atoms with Crippen molar-refractivity contribution in [1.82, 2.24) is 10.6 Å². The third kappa shape index (κ3) is 5.05. The van der Waals surface area contributed by atoms with Crippen LogP contribution in [0.1, 0.15) is 11.1 Å². The number of nitrogens with one attached hydrogen (secondary N) is 2. The first-order valence-electron chi connectivity index (χ1n) is 9.14. The monoisotopic (exact) mass is 444 g/mol. The number of carbonyl (C=O) groups is 2. The van der Waals surface area contributed by atoms with Crippen molar-refractivity contribution in [3.8, 4) is 11.5 Å². The number of hydrogen-bond acceptors (Lipinski definition) is 6. The second kappa shape index (κ2) is 8.95. The Morgan fingerprint density at radius 2 is 1.97 bits per heavy atom. The Bertz CT molecular complexity index is 1040. The maximum atomic E-state index is 14.4. The van der Waals surface area contributed by atoms with Gasteiger partial charge in [-0.1, -0.05) is 36.1 Å². The zero-order chi connectivity index (χ0) is 21.1. The van der Waals surface area contributed by atoms with E-state index in [9.17, 15) is 14.0 Å². The molecule has 2 aromatic rings. The maximum Gasteiger partial charge on any atom is 0.263 e. The summed E-state index contributed by atoms with van der Waals surface area (Å²) in [5.74, 6) is -0.0408. The molecule has 0 spiro atoms. The summed E-state index contributed by atoms with van der Waals surface area (Å²) in [5, 5.41) is 5.38. The SMILES string of the molecule is O=C1COCC(Cc2ccc(Oc3ccc(/C=C4\SC(=S)NC4=O)c(F)c3)cc2)N1. The molecule has 4 rings (SSSR count). The number of thiocarbonyl (C=S) groups is 1. The molecule has 6 nitrogen and oxygen atoms in total. The Morgan fingerprint density at radius 3 is 2.63 bits per heavy atom. The quantitative estimate of drug-likeness (QED) is 0.545. The van der Waals surface area contributed by atoms with Crippen molar-refractivity contribution in [1.29, 1.82) is 0 Å². The molecule has 0 aliphatic carbocycles. The fourth-order valence-electron chi connectivity index (χ4n) is 3.08. The van der Waals surface area contributed by atoms with E-state index in [-0.39, 0.29) is 30.0 Å². The average molecular weight is 445 g/mol. The molecule has 9 heteroatoms. The van der Waals surface area contributed by atoms with Gasteiger partial charge < -0.3 is 20.1 Å². The topological polar surface area (TPSA) is 76.7 Å². The second-order valence-electron chi connectivity index (χ2n) is 6.77. The Balaban J connectivity index is 1.40. The van der Waals surface area contributed by atoms with E-state index in [1.54, 1.807) is 24.3 Å². The van der Waals surface area contributed by atoms with Crippen LogP contribution in [-0.4, -0.2) is 35.4 Å². The first kappa shape index (κ1) is 20.5. The Hall–Kier alpha value is -2.75. The molecular weight excluding hydrogens is 427 g/mol. The third-order valence-electron chi connectivity index (χ3n) is 4.46. The van der Waals surface area contributed by atoms with Gasteiger partial charge in [0, 0.05) is 11.6 Å². The molecule has 1 unspecified atom stereocenters. The Kier molecular flexibility index (Phi) is 6.12. The number of thioether (sulfide) groups is 1. The zero-order valence-electron chi connectivity index (χ0n) is 15.6. The minimum Gasteiger partial charge on any atom is -0.457 e. The number of halogens is 1. The summed E-state index contributed by atoms with van der Waals surface area (Å²) in [6, 6.07) is 11.8. The van der Waals surface area contributed by atoms with E-state index in [0.29, 0.717) is 33.8 Å². The van der Waals surface area contributed by atoms with Crippen LogP contribution in [0.3, 0.4) is 0 Å². The smallest absolute Gasteiger partial charge is 0.263 e. The van der Waals surface area contributed by atoms with E-state index in [2.05, 4.69) is 10.6 Å². The molecule has 0 radical (unpaired) electrons. The number of ether oxygens (including phenoxy) is 2. The molecule has 0 aromatic heterocycles. The summed E-state index contributed by atoms with van der Waals surface area (Å²) in [6.45, 7) is 0.590. The summed E-state index contributed by atoms with van der Waals surface area (Å²) >= 11 is 6.03. The molecular formula is C21H17FN2O4S2. The molecule has 2 fully saturated rings. The van der Waals surface area contributed by atoms with Crippen molar-refractivity contribution in [3.63, 3.8) is 0 Å². The number of hydrogen-bond donors (Lipinski definition) is 2. The first-order valence-corrected chi connectivity index (χ1v) is 10.4. The van der Waals surface area contributed by atoms with Gasteiger partial charge in [0.1, 0.15) is 28.2 Å². The van der Waals surface area contributed by atoms with Crippen molar-refractivity contribution in [3.05, 3.63) is 64.3 Å². The van der Waals surface area contributed by atoms with E-state index >= 15 is 0 Å². The minimum atomic E-state index is -0.504. The van der Waals surface area contributed by atoms with Gasteiger partial charge in [0.15, 0.2) is 0 Å². The number of amides is 2. The molecule has 0 bridgehead atoms.